The Morgan fingerprint density at radius 2 is 2.29 bits per heavy atom. The van der Waals surface area contributed by atoms with E-state index in [-0.39, 0.29) is 5.91 Å². The lowest BCUT2D eigenvalue weighted by molar-refractivity contribution is -0.126. The van der Waals surface area contributed by atoms with Gasteiger partial charge < -0.3 is 15.5 Å². The smallest absolute Gasteiger partial charge is 0.245 e. The van der Waals surface area contributed by atoms with Gasteiger partial charge in [-0.2, -0.15) is 4.98 Å². The second-order valence-corrected chi connectivity index (χ2v) is 6.40. The molecule has 0 saturated carbocycles. The molecule has 3 heterocycles. The summed E-state index contributed by atoms with van der Waals surface area (Å²) in [5.74, 6) is 1.47. The molecule has 6 nitrogen and oxygen atoms in total. The van der Waals surface area contributed by atoms with Crippen LogP contribution in [0.4, 0.5) is 11.8 Å². The third kappa shape index (κ3) is 2.31. The zero-order valence-electron chi connectivity index (χ0n) is 12.4. The first kappa shape index (κ1) is 14.1. The Morgan fingerprint density at radius 3 is 3.05 bits per heavy atom. The number of rotatable bonds is 3. The van der Waals surface area contributed by atoms with Crippen molar-refractivity contribution in [2.24, 2.45) is 0 Å². The Hall–Kier alpha value is -1.89. The van der Waals surface area contributed by atoms with Crippen LogP contribution in [0.15, 0.2) is 11.4 Å². The highest BCUT2D eigenvalue weighted by Gasteiger charge is 2.39. The summed E-state index contributed by atoms with van der Waals surface area (Å²) in [6.45, 7) is 8.00. The van der Waals surface area contributed by atoms with Crippen LogP contribution in [0.25, 0.3) is 10.2 Å². The third-order valence-electron chi connectivity index (χ3n) is 3.75. The molecule has 0 radical (unpaired) electrons. The summed E-state index contributed by atoms with van der Waals surface area (Å²) < 4.78 is 0. The van der Waals surface area contributed by atoms with Crippen LogP contribution in [-0.2, 0) is 4.79 Å². The SMILES string of the molecule is CCNc1nc(N2CCNC(=O)C2(C)C)c2ccsc2n1. The molecule has 0 bridgehead atoms. The molecule has 2 aromatic rings. The molecule has 0 aliphatic carbocycles. The molecule has 1 aliphatic heterocycles. The van der Waals surface area contributed by atoms with Gasteiger partial charge in [-0.05, 0) is 32.2 Å². The number of aromatic nitrogens is 2. The monoisotopic (exact) mass is 305 g/mol. The summed E-state index contributed by atoms with van der Waals surface area (Å²) in [6.07, 6.45) is 0. The van der Waals surface area contributed by atoms with Gasteiger partial charge in [-0.15, -0.1) is 11.3 Å². The number of anilines is 2. The number of thiophene rings is 1. The summed E-state index contributed by atoms with van der Waals surface area (Å²) in [5, 5.41) is 9.10. The molecule has 2 aromatic heterocycles. The topological polar surface area (TPSA) is 70.2 Å². The number of nitrogens with zero attached hydrogens (tertiary/aromatic N) is 3. The summed E-state index contributed by atoms with van der Waals surface area (Å²) in [4.78, 5) is 24.4. The van der Waals surface area contributed by atoms with Crippen LogP contribution in [0.2, 0.25) is 0 Å². The molecule has 1 amide bonds. The van der Waals surface area contributed by atoms with Crippen LogP contribution in [0.3, 0.4) is 0 Å². The van der Waals surface area contributed by atoms with Gasteiger partial charge in [0.05, 0.1) is 5.39 Å². The molecule has 21 heavy (non-hydrogen) atoms. The highest BCUT2D eigenvalue weighted by Crippen LogP contribution is 2.33. The Morgan fingerprint density at radius 1 is 1.48 bits per heavy atom. The molecule has 1 aliphatic rings. The fourth-order valence-corrected chi connectivity index (χ4v) is 3.31. The zero-order chi connectivity index (χ0) is 15.0. The van der Waals surface area contributed by atoms with E-state index < -0.39 is 5.54 Å². The maximum Gasteiger partial charge on any atom is 0.245 e. The summed E-state index contributed by atoms with van der Waals surface area (Å²) in [6, 6.07) is 2.02. The molecule has 3 rings (SSSR count). The number of fused-ring (bicyclic) bond motifs is 1. The van der Waals surface area contributed by atoms with E-state index in [2.05, 4.69) is 25.5 Å². The third-order valence-corrected chi connectivity index (χ3v) is 4.55. The standard InChI is InChI=1S/C14H19N5OS/c1-4-15-13-17-10(9-5-8-21-11(9)18-13)19-7-6-16-12(20)14(19,2)3/h5,8H,4,6-7H2,1-3H3,(H,16,20)(H,15,17,18). The minimum Gasteiger partial charge on any atom is -0.354 e. The number of amides is 1. The highest BCUT2D eigenvalue weighted by atomic mass is 32.1. The van der Waals surface area contributed by atoms with E-state index in [1.165, 1.54) is 0 Å². The van der Waals surface area contributed by atoms with Crippen LogP contribution in [-0.4, -0.2) is 41.0 Å². The van der Waals surface area contributed by atoms with Gasteiger partial charge in [0.15, 0.2) is 0 Å². The normalized spacial score (nSPS) is 17.9. The number of nitrogens with one attached hydrogen (secondary N) is 2. The van der Waals surface area contributed by atoms with Crippen LogP contribution in [0.5, 0.6) is 0 Å². The van der Waals surface area contributed by atoms with Crippen molar-refractivity contribution in [3.05, 3.63) is 11.4 Å². The molecule has 7 heteroatoms. The van der Waals surface area contributed by atoms with E-state index in [4.69, 9.17) is 0 Å². The number of piperazine rings is 1. The molecule has 0 spiro atoms. The minimum atomic E-state index is -0.620. The number of hydrogen-bond acceptors (Lipinski definition) is 6. The van der Waals surface area contributed by atoms with Crippen molar-refractivity contribution >= 4 is 39.2 Å². The Kier molecular flexibility index (Phi) is 3.44. The average molecular weight is 305 g/mol. The Labute approximate surface area is 127 Å². The lowest BCUT2D eigenvalue weighted by atomic mass is 9.98. The first-order chi connectivity index (χ1) is 10.0. The van der Waals surface area contributed by atoms with Crippen LogP contribution in [0, 0.1) is 0 Å². The van der Waals surface area contributed by atoms with Crippen molar-refractivity contribution in [1.82, 2.24) is 15.3 Å². The predicted molar refractivity (Wildman–Crippen MR) is 86.0 cm³/mol. The van der Waals surface area contributed by atoms with Crippen LogP contribution >= 0.6 is 11.3 Å². The predicted octanol–water partition coefficient (Wildman–Crippen LogP) is 1.84. The number of hydrogen-bond donors (Lipinski definition) is 2. The average Bonchev–Trinajstić information content (AvgIpc) is 2.90. The second-order valence-electron chi connectivity index (χ2n) is 5.51. The molecule has 0 atom stereocenters. The quantitative estimate of drug-likeness (QED) is 0.905. The maximum absolute atomic E-state index is 12.2. The van der Waals surface area contributed by atoms with Gasteiger partial charge in [-0.1, -0.05) is 0 Å². The van der Waals surface area contributed by atoms with Crippen molar-refractivity contribution in [2.75, 3.05) is 29.9 Å². The van der Waals surface area contributed by atoms with Gasteiger partial charge in [0.2, 0.25) is 11.9 Å². The first-order valence-corrected chi connectivity index (χ1v) is 7.97. The van der Waals surface area contributed by atoms with Crippen molar-refractivity contribution in [1.29, 1.82) is 0 Å². The van der Waals surface area contributed by atoms with Gasteiger partial charge in [0.25, 0.3) is 0 Å². The second kappa shape index (κ2) is 5.14. The van der Waals surface area contributed by atoms with Gasteiger partial charge in [0.1, 0.15) is 16.2 Å². The summed E-state index contributed by atoms with van der Waals surface area (Å²) in [7, 11) is 0. The molecule has 1 saturated heterocycles. The fourth-order valence-electron chi connectivity index (χ4n) is 2.55. The molecule has 1 fully saturated rings. The van der Waals surface area contributed by atoms with Crippen LogP contribution < -0.4 is 15.5 Å². The zero-order valence-corrected chi connectivity index (χ0v) is 13.3. The van der Waals surface area contributed by atoms with Crippen molar-refractivity contribution < 1.29 is 4.79 Å². The van der Waals surface area contributed by atoms with E-state index in [1.54, 1.807) is 11.3 Å². The van der Waals surface area contributed by atoms with Crippen LogP contribution in [0.1, 0.15) is 20.8 Å². The van der Waals surface area contributed by atoms with E-state index in [0.717, 1.165) is 29.1 Å². The Balaban J connectivity index is 2.13. The highest BCUT2D eigenvalue weighted by molar-refractivity contribution is 7.16. The van der Waals surface area contributed by atoms with Crippen molar-refractivity contribution in [2.45, 2.75) is 26.3 Å². The van der Waals surface area contributed by atoms with Gasteiger partial charge in [-0.3, -0.25) is 4.79 Å². The van der Waals surface area contributed by atoms with Gasteiger partial charge >= 0.3 is 0 Å². The summed E-state index contributed by atoms with van der Waals surface area (Å²) in [5.41, 5.74) is -0.620. The molecular formula is C14H19N5OS. The maximum atomic E-state index is 12.2. The largest absolute Gasteiger partial charge is 0.354 e. The van der Waals surface area contributed by atoms with E-state index in [0.29, 0.717) is 12.5 Å². The van der Waals surface area contributed by atoms with Gasteiger partial charge in [0, 0.05) is 19.6 Å². The number of carbonyl (C=O) groups is 1. The molecule has 112 valence electrons. The minimum absolute atomic E-state index is 0.0285. The van der Waals surface area contributed by atoms with Gasteiger partial charge in [-0.25, -0.2) is 4.98 Å². The van der Waals surface area contributed by atoms with Crippen molar-refractivity contribution in [3.63, 3.8) is 0 Å². The Bertz CT molecular complexity index is 681. The molecule has 0 unspecified atom stereocenters. The lowest BCUT2D eigenvalue weighted by Gasteiger charge is -2.42. The van der Waals surface area contributed by atoms with E-state index in [9.17, 15) is 4.79 Å². The lowest BCUT2D eigenvalue weighted by Crippen LogP contribution is -2.62. The molecular weight excluding hydrogens is 286 g/mol. The fraction of sp³-hybridized carbons (Fsp3) is 0.500. The van der Waals surface area contributed by atoms with Crippen molar-refractivity contribution in [3.8, 4) is 0 Å². The molecule has 0 aromatic carbocycles. The number of carbonyl (C=O) groups excluding carboxylic acids is 1. The van der Waals surface area contributed by atoms with E-state index >= 15 is 0 Å². The first-order valence-electron chi connectivity index (χ1n) is 7.09. The van der Waals surface area contributed by atoms with E-state index in [1.807, 2.05) is 32.2 Å². The molecule has 2 N–H and O–H groups in total. The summed E-state index contributed by atoms with van der Waals surface area (Å²) >= 11 is 1.59.